The Bertz CT molecular complexity index is 583. The summed E-state index contributed by atoms with van der Waals surface area (Å²) in [7, 11) is 0. The molecule has 0 aliphatic carbocycles. The summed E-state index contributed by atoms with van der Waals surface area (Å²) < 4.78 is 42.9. The number of nitrogens with one attached hydrogen (secondary N) is 1. The largest absolute Gasteiger partial charge is 0.416 e. The van der Waals surface area contributed by atoms with Gasteiger partial charge in [0.2, 0.25) is 0 Å². The third-order valence-electron chi connectivity index (χ3n) is 3.06. The minimum Gasteiger partial charge on any atom is -0.365 e. The van der Waals surface area contributed by atoms with Gasteiger partial charge in [0.15, 0.2) is 6.10 Å². The first-order valence-corrected chi connectivity index (χ1v) is 5.77. The topological polar surface area (TPSA) is 54.0 Å². The molecule has 8 heteroatoms. The number of morpholine rings is 1. The third-order valence-corrected chi connectivity index (χ3v) is 3.06. The van der Waals surface area contributed by atoms with Gasteiger partial charge in [-0.15, -0.1) is 0 Å². The van der Waals surface area contributed by atoms with Crippen molar-refractivity contribution in [3.05, 3.63) is 18.6 Å². The zero-order chi connectivity index (χ0) is 13.5. The quantitative estimate of drug-likeness (QED) is 0.859. The number of hydrogen-bond acceptors (Lipinski definition) is 4. The highest BCUT2D eigenvalue weighted by Gasteiger charge is 2.43. The maximum absolute atomic E-state index is 12.7. The minimum absolute atomic E-state index is 0.0279. The molecule has 1 atom stereocenters. The highest BCUT2D eigenvalue weighted by Crippen LogP contribution is 2.29. The van der Waals surface area contributed by atoms with E-state index in [0.717, 1.165) is 0 Å². The molecule has 0 saturated carbocycles. The number of ether oxygens (including phenoxy) is 1. The van der Waals surface area contributed by atoms with Crippen molar-refractivity contribution in [3.8, 4) is 0 Å². The maximum atomic E-state index is 12.7. The van der Waals surface area contributed by atoms with Gasteiger partial charge in [0, 0.05) is 12.7 Å². The molecule has 3 heterocycles. The van der Waals surface area contributed by atoms with Gasteiger partial charge >= 0.3 is 6.18 Å². The molecule has 102 valence electrons. The third kappa shape index (κ3) is 2.23. The summed E-state index contributed by atoms with van der Waals surface area (Å²) >= 11 is 0. The molecule has 1 fully saturated rings. The van der Waals surface area contributed by atoms with Gasteiger partial charge < -0.3 is 14.6 Å². The second-order valence-electron chi connectivity index (χ2n) is 4.28. The molecule has 19 heavy (non-hydrogen) atoms. The smallest absolute Gasteiger partial charge is 0.365 e. The number of alkyl halides is 3. The molecule has 2 aromatic heterocycles. The van der Waals surface area contributed by atoms with Crippen molar-refractivity contribution in [2.45, 2.75) is 12.3 Å². The molecule has 0 spiro atoms. The van der Waals surface area contributed by atoms with Crippen LogP contribution in [0.25, 0.3) is 11.0 Å². The number of nitrogens with zero attached hydrogens (tertiary/aromatic N) is 3. The molecule has 1 unspecified atom stereocenters. The van der Waals surface area contributed by atoms with Crippen LogP contribution in [0.15, 0.2) is 18.6 Å². The van der Waals surface area contributed by atoms with Gasteiger partial charge in [-0.1, -0.05) is 0 Å². The van der Waals surface area contributed by atoms with Crippen LogP contribution in [0.3, 0.4) is 0 Å². The van der Waals surface area contributed by atoms with E-state index < -0.39 is 12.3 Å². The summed E-state index contributed by atoms with van der Waals surface area (Å²) in [5.41, 5.74) is 0.611. The van der Waals surface area contributed by atoms with E-state index in [2.05, 4.69) is 15.0 Å². The van der Waals surface area contributed by atoms with Crippen molar-refractivity contribution in [2.24, 2.45) is 0 Å². The molecule has 2 aromatic rings. The van der Waals surface area contributed by atoms with Gasteiger partial charge in [-0.05, 0) is 6.07 Å². The fraction of sp³-hybridized carbons (Fsp3) is 0.455. The Kier molecular flexibility index (Phi) is 2.81. The lowest BCUT2D eigenvalue weighted by molar-refractivity contribution is -0.221. The van der Waals surface area contributed by atoms with E-state index in [9.17, 15) is 13.2 Å². The fourth-order valence-corrected chi connectivity index (χ4v) is 2.15. The standard InChI is InChI=1S/C11H11F3N4O/c12-11(13,14)8-5-18(3-4-19-8)10-7-1-2-15-9(7)16-6-17-10/h1-2,6,8H,3-5H2,(H,15,16,17). The van der Waals surface area contributed by atoms with Crippen LogP contribution in [0, 0.1) is 0 Å². The Morgan fingerprint density at radius 3 is 3.00 bits per heavy atom. The molecular formula is C11H11F3N4O. The summed E-state index contributed by atoms with van der Waals surface area (Å²) in [5.74, 6) is 0.504. The van der Waals surface area contributed by atoms with Gasteiger partial charge in [-0.2, -0.15) is 13.2 Å². The number of H-pyrrole nitrogens is 1. The lowest BCUT2D eigenvalue weighted by Crippen LogP contribution is -2.49. The Labute approximate surface area is 106 Å². The van der Waals surface area contributed by atoms with E-state index in [1.165, 1.54) is 6.33 Å². The van der Waals surface area contributed by atoms with E-state index in [0.29, 0.717) is 23.4 Å². The van der Waals surface area contributed by atoms with Crippen molar-refractivity contribution in [1.29, 1.82) is 0 Å². The summed E-state index contributed by atoms with van der Waals surface area (Å²) in [6.45, 7) is 0.158. The molecule has 0 aromatic carbocycles. The van der Waals surface area contributed by atoms with Crippen LogP contribution in [-0.4, -0.2) is 46.9 Å². The minimum atomic E-state index is -4.36. The Morgan fingerprint density at radius 2 is 2.21 bits per heavy atom. The van der Waals surface area contributed by atoms with E-state index >= 15 is 0 Å². The van der Waals surface area contributed by atoms with Gasteiger partial charge in [0.1, 0.15) is 17.8 Å². The molecule has 1 saturated heterocycles. The van der Waals surface area contributed by atoms with Crippen LogP contribution in [0.2, 0.25) is 0 Å². The van der Waals surface area contributed by atoms with Crippen molar-refractivity contribution < 1.29 is 17.9 Å². The lowest BCUT2D eigenvalue weighted by Gasteiger charge is -2.34. The molecular weight excluding hydrogens is 261 g/mol. The lowest BCUT2D eigenvalue weighted by atomic mass is 10.2. The zero-order valence-corrected chi connectivity index (χ0v) is 9.81. The van der Waals surface area contributed by atoms with Gasteiger partial charge in [-0.25, -0.2) is 9.97 Å². The Balaban J connectivity index is 1.91. The first kappa shape index (κ1) is 12.2. The first-order chi connectivity index (χ1) is 9.05. The van der Waals surface area contributed by atoms with E-state index in [-0.39, 0.29) is 13.2 Å². The number of aromatic amines is 1. The first-order valence-electron chi connectivity index (χ1n) is 5.77. The summed E-state index contributed by atoms with van der Waals surface area (Å²) in [4.78, 5) is 12.6. The average Bonchev–Trinajstić information content (AvgIpc) is 2.86. The molecule has 1 N–H and O–H groups in total. The van der Waals surface area contributed by atoms with Crippen LogP contribution >= 0.6 is 0 Å². The summed E-state index contributed by atoms with van der Waals surface area (Å²) in [5, 5.41) is 0.713. The second-order valence-corrected chi connectivity index (χ2v) is 4.28. The molecule has 3 rings (SSSR count). The van der Waals surface area contributed by atoms with Crippen molar-refractivity contribution in [1.82, 2.24) is 15.0 Å². The average molecular weight is 272 g/mol. The molecule has 0 radical (unpaired) electrons. The zero-order valence-electron chi connectivity index (χ0n) is 9.81. The highest BCUT2D eigenvalue weighted by molar-refractivity contribution is 5.87. The monoisotopic (exact) mass is 272 g/mol. The molecule has 0 amide bonds. The number of aromatic nitrogens is 3. The van der Waals surface area contributed by atoms with Crippen LogP contribution in [-0.2, 0) is 4.74 Å². The number of hydrogen-bond donors (Lipinski definition) is 1. The predicted octanol–water partition coefficient (Wildman–Crippen LogP) is 1.73. The summed E-state index contributed by atoms with van der Waals surface area (Å²) in [6.07, 6.45) is -3.11. The van der Waals surface area contributed by atoms with E-state index in [1.54, 1.807) is 17.2 Å². The fourth-order valence-electron chi connectivity index (χ4n) is 2.15. The van der Waals surface area contributed by atoms with E-state index in [1.807, 2.05) is 0 Å². The van der Waals surface area contributed by atoms with Crippen molar-refractivity contribution in [3.63, 3.8) is 0 Å². The van der Waals surface area contributed by atoms with Crippen molar-refractivity contribution >= 4 is 16.9 Å². The van der Waals surface area contributed by atoms with Crippen molar-refractivity contribution in [2.75, 3.05) is 24.6 Å². The number of halogens is 3. The molecule has 0 bridgehead atoms. The molecule has 1 aliphatic rings. The normalized spacial score (nSPS) is 21.0. The maximum Gasteiger partial charge on any atom is 0.416 e. The number of fused-ring (bicyclic) bond motifs is 1. The Morgan fingerprint density at radius 1 is 1.37 bits per heavy atom. The van der Waals surface area contributed by atoms with Gasteiger partial charge in [-0.3, -0.25) is 0 Å². The molecule has 1 aliphatic heterocycles. The Hall–Kier alpha value is -1.83. The number of anilines is 1. The van der Waals surface area contributed by atoms with Crippen LogP contribution < -0.4 is 4.90 Å². The summed E-state index contributed by atoms with van der Waals surface area (Å²) in [6, 6.07) is 1.75. The van der Waals surface area contributed by atoms with Crippen LogP contribution in [0.1, 0.15) is 0 Å². The van der Waals surface area contributed by atoms with Gasteiger partial charge in [0.25, 0.3) is 0 Å². The van der Waals surface area contributed by atoms with Gasteiger partial charge in [0.05, 0.1) is 18.5 Å². The molecule has 5 nitrogen and oxygen atoms in total. The second kappa shape index (κ2) is 4.37. The number of rotatable bonds is 1. The van der Waals surface area contributed by atoms with Crippen LogP contribution in [0.5, 0.6) is 0 Å². The predicted molar refractivity (Wildman–Crippen MR) is 61.9 cm³/mol. The highest BCUT2D eigenvalue weighted by atomic mass is 19.4. The SMILES string of the molecule is FC(F)(F)C1CN(c2ncnc3[nH]ccc23)CCO1. The van der Waals surface area contributed by atoms with E-state index in [4.69, 9.17) is 4.74 Å². The van der Waals surface area contributed by atoms with Crippen LogP contribution in [0.4, 0.5) is 19.0 Å².